The van der Waals surface area contributed by atoms with Crippen molar-refractivity contribution >= 4 is 52.4 Å². The Morgan fingerprint density at radius 2 is 1.65 bits per heavy atom. The molecule has 1 amide bonds. The molecule has 1 N–H and O–H groups in total. The van der Waals surface area contributed by atoms with Crippen molar-refractivity contribution in [3.8, 4) is 0 Å². The maximum absolute atomic E-state index is 12.1. The zero-order valence-electron chi connectivity index (χ0n) is 12.0. The summed E-state index contributed by atoms with van der Waals surface area (Å²) in [5, 5.41) is 3.60. The fourth-order valence-electron chi connectivity index (χ4n) is 1.77. The fourth-order valence-corrected chi connectivity index (χ4v) is 2.51. The van der Waals surface area contributed by atoms with E-state index < -0.39 is 18.0 Å². The maximum Gasteiger partial charge on any atom is 0.340 e. The number of rotatable bonds is 4. The first kappa shape index (κ1) is 17.6. The second-order valence-corrected chi connectivity index (χ2v) is 5.95. The third-order valence-corrected chi connectivity index (χ3v) is 3.64. The highest BCUT2D eigenvalue weighted by molar-refractivity contribution is 6.35. The molecule has 0 aliphatic rings. The van der Waals surface area contributed by atoms with Gasteiger partial charge in [0.25, 0.3) is 5.91 Å². The lowest BCUT2D eigenvalue weighted by Gasteiger charge is -2.14. The number of nitrogens with one attached hydrogen (secondary N) is 1. The van der Waals surface area contributed by atoms with Crippen LogP contribution in [0.1, 0.15) is 17.3 Å². The number of ether oxygens (including phenoxy) is 1. The molecule has 2 aromatic carbocycles. The maximum atomic E-state index is 12.1. The van der Waals surface area contributed by atoms with Crippen LogP contribution < -0.4 is 5.32 Å². The Hall–Kier alpha value is -1.75. The number of carbonyl (C=O) groups is 2. The van der Waals surface area contributed by atoms with E-state index in [-0.39, 0.29) is 10.6 Å². The summed E-state index contributed by atoms with van der Waals surface area (Å²) in [7, 11) is 0. The summed E-state index contributed by atoms with van der Waals surface area (Å²) in [5.41, 5.74) is 0.604. The van der Waals surface area contributed by atoms with Gasteiger partial charge in [0.1, 0.15) is 0 Å². The van der Waals surface area contributed by atoms with Gasteiger partial charge >= 0.3 is 5.97 Å². The number of hydrogen-bond acceptors (Lipinski definition) is 3. The van der Waals surface area contributed by atoms with Gasteiger partial charge in [0.2, 0.25) is 0 Å². The van der Waals surface area contributed by atoms with Gasteiger partial charge in [-0.05, 0) is 37.3 Å². The average Bonchev–Trinajstić information content (AvgIpc) is 2.46. The van der Waals surface area contributed by atoms with Crippen molar-refractivity contribution in [2.75, 3.05) is 5.32 Å². The van der Waals surface area contributed by atoms with Gasteiger partial charge in [0.05, 0.1) is 10.6 Å². The summed E-state index contributed by atoms with van der Waals surface area (Å²) >= 11 is 17.6. The molecule has 0 spiro atoms. The van der Waals surface area contributed by atoms with Crippen molar-refractivity contribution in [1.29, 1.82) is 0 Å². The highest BCUT2D eigenvalue weighted by atomic mass is 35.5. The van der Waals surface area contributed by atoms with Crippen LogP contribution in [0.4, 0.5) is 5.69 Å². The number of carbonyl (C=O) groups excluding carboxylic acids is 2. The molecule has 0 aliphatic heterocycles. The molecule has 0 heterocycles. The van der Waals surface area contributed by atoms with E-state index in [0.29, 0.717) is 15.7 Å². The van der Waals surface area contributed by atoms with Crippen LogP contribution in [0, 0.1) is 0 Å². The Balaban J connectivity index is 2.02. The van der Waals surface area contributed by atoms with Crippen molar-refractivity contribution in [1.82, 2.24) is 0 Å². The van der Waals surface area contributed by atoms with Crippen molar-refractivity contribution in [2.45, 2.75) is 13.0 Å². The lowest BCUT2D eigenvalue weighted by atomic mass is 10.2. The van der Waals surface area contributed by atoms with E-state index >= 15 is 0 Å². The topological polar surface area (TPSA) is 55.4 Å². The fraction of sp³-hybridized carbons (Fsp3) is 0.125. The minimum atomic E-state index is -1.02. The molecule has 0 unspecified atom stereocenters. The van der Waals surface area contributed by atoms with Crippen LogP contribution in [0.2, 0.25) is 15.1 Å². The molecule has 120 valence electrons. The highest BCUT2D eigenvalue weighted by Crippen LogP contribution is 2.23. The predicted octanol–water partition coefficient (Wildman–Crippen LogP) is 4.83. The van der Waals surface area contributed by atoms with Crippen molar-refractivity contribution in [2.24, 2.45) is 0 Å². The van der Waals surface area contributed by atoms with Crippen LogP contribution in [0.15, 0.2) is 42.5 Å². The number of anilines is 1. The molecular formula is C16H12Cl3NO3. The predicted molar refractivity (Wildman–Crippen MR) is 91.4 cm³/mol. The van der Waals surface area contributed by atoms with E-state index in [1.165, 1.54) is 25.1 Å². The van der Waals surface area contributed by atoms with Gasteiger partial charge < -0.3 is 10.1 Å². The average molecular weight is 373 g/mol. The van der Waals surface area contributed by atoms with Crippen molar-refractivity contribution < 1.29 is 14.3 Å². The number of esters is 1. The Kier molecular flexibility index (Phi) is 5.88. The van der Waals surface area contributed by atoms with Gasteiger partial charge in [-0.1, -0.05) is 46.9 Å². The first-order valence-corrected chi connectivity index (χ1v) is 7.72. The molecule has 2 aromatic rings. The smallest absolute Gasteiger partial charge is 0.340 e. The van der Waals surface area contributed by atoms with Crippen LogP contribution in [-0.2, 0) is 9.53 Å². The van der Waals surface area contributed by atoms with E-state index in [9.17, 15) is 9.59 Å². The zero-order chi connectivity index (χ0) is 17.0. The van der Waals surface area contributed by atoms with Crippen molar-refractivity contribution in [3.63, 3.8) is 0 Å². The van der Waals surface area contributed by atoms with Gasteiger partial charge in [-0.3, -0.25) is 4.79 Å². The highest BCUT2D eigenvalue weighted by Gasteiger charge is 2.20. The van der Waals surface area contributed by atoms with Gasteiger partial charge in [0, 0.05) is 15.7 Å². The summed E-state index contributed by atoms with van der Waals surface area (Å²) in [6.07, 6.45) is -1.02. The Morgan fingerprint density at radius 3 is 2.26 bits per heavy atom. The molecular weight excluding hydrogens is 361 g/mol. The summed E-state index contributed by atoms with van der Waals surface area (Å²) in [5.74, 6) is -1.19. The Labute approximate surface area is 148 Å². The van der Waals surface area contributed by atoms with Gasteiger partial charge in [-0.2, -0.15) is 0 Å². The number of benzene rings is 2. The molecule has 1 atom stereocenters. The second-order valence-electron chi connectivity index (χ2n) is 4.67. The van der Waals surface area contributed by atoms with Crippen LogP contribution in [0.5, 0.6) is 0 Å². The molecule has 23 heavy (non-hydrogen) atoms. The number of hydrogen-bond donors (Lipinski definition) is 1. The largest absolute Gasteiger partial charge is 0.449 e. The van der Waals surface area contributed by atoms with E-state index in [4.69, 9.17) is 39.5 Å². The molecule has 7 heteroatoms. The van der Waals surface area contributed by atoms with Crippen LogP contribution in [-0.4, -0.2) is 18.0 Å². The lowest BCUT2D eigenvalue weighted by molar-refractivity contribution is -0.123. The molecule has 2 rings (SSSR count). The monoisotopic (exact) mass is 371 g/mol. The number of amides is 1. The van der Waals surface area contributed by atoms with E-state index in [1.54, 1.807) is 24.3 Å². The summed E-state index contributed by atoms with van der Waals surface area (Å²) in [6.45, 7) is 1.45. The standard InChI is InChI=1S/C16H12Cl3NO3/c1-9(23-16(22)13-4-2-3-5-14(13)19)15(21)20-12-7-10(17)6-11(18)8-12/h2-9H,1H3,(H,20,21)/t9-/m0/s1. The molecule has 0 bridgehead atoms. The molecule has 0 aliphatic carbocycles. The second kappa shape index (κ2) is 7.68. The molecule has 0 saturated heterocycles. The molecule has 4 nitrogen and oxygen atoms in total. The molecule has 0 fully saturated rings. The normalized spacial score (nSPS) is 11.7. The SMILES string of the molecule is C[C@H](OC(=O)c1ccccc1Cl)C(=O)Nc1cc(Cl)cc(Cl)c1. The van der Waals surface area contributed by atoms with Crippen molar-refractivity contribution in [3.05, 3.63) is 63.1 Å². The quantitative estimate of drug-likeness (QED) is 0.782. The third kappa shape index (κ3) is 4.86. The summed E-state index contributed by atoms with van der Waals surface area (Å²) in [4.78, 5) is 24.1. The summed E-state index contributed by atoms with van der Waals surface area (Å²) in [6, 6.07) is 11.0. The minimum absolute atomic E-state index is 0.194. The third-order valence-electron chi connectivity index (χ3n) is 2.88. The molecule has 0 radical (unpaired) electrons. The first-order chi connectivity index (χ1) is 10.9. The van der Waals surface area contributed by atoms with E-state index in [1.807, 2.05) is 0 Å². The van der Waals surface area contributed by atoms with E-state index in [2.05, 4.69) is 5.32 Å². The lowest BCUT2D eigenvalue weighted by Crippen LogP contribution is -2.30. The van der Waals surface area contributed by atoms with Crippen LogP contribution in [0.3, 0.4) is 0 Å². The minimum Gasteiger partial charge on any atom is -0.449 e. The van der Waals surface area contributed by atoms with E-state index in [0.717, 1.165) is 0 Å². The first-order valence-electron chi connectivity index (χ1n) is 6.59. The van der Waals surface area contributed by atoms with Gasteiger partial charge in [-0.25, -0.2) is 4.79 Å². The molecule has 0 aromatic heterocycles. The van der Waals surface area contributed by atoms with Crippen LogP contribution >= 0.6 is 34.8 Å². The zero-order valence-corrected chi connectivity index (χ0v) is 14.2. The van der Waals surface area contributed by atoms with Gasteiger partial charge in [0.15, 0.2) is 6.10 Å². The summed E-state index contributed by atoms with van der Waals surface area (Å²) < 4.78 is 5.11. The van der Waals surface area contributed by atoms with Crippen LogP contribution in [0.25, 0.3) is 0 Å². The number of halogens is 3. The van der Waals surface area contributed by atoms with Gasteiger partial charge in [-0.15, -0.1) is 0 Å². The molecule has 0 saturated carbocycles. The Bertz CT molecular complexity index is 729. The Morgan fingerprint density at radius 1 is 1.04 bits per heavy atom.